The van der Waals surface area contributed by atoms with Crippen molar-refractivity contribution in [3.8, 4) is 0 Å². The highest BCUT2D eigenvalue weighted by Gasteiger charge is 2.19. The molecule has 0 saturated carbocycles. The van der Waals surface area contributed by atoms with Gasteiger partial charge in [0.2, 0.25) is 5.78 Å². The summed E-state index contributed by atoms with van der Waals surface area (Å²) in [5.41, 5.74) is 0.570. The topological polar surface area (TPSA) is 65.6 Å². The van der Waals surface area contributed by atoms with Crippen molar-refractivity contribution in [2.24, 2.45) is 14.1 Å². The SMILES string of the molecule is Cn1ncc(C(=O)c2c(Cl)cnn2C)n1. The van der Waals surface area contributed by atoms with Crippen LogP contribution < -0.4 is 0 Å². The van der Waals surface area contributed by atoms with Crippen LogP contribution in [0.2, 0.25) is 5.02 Å². The first-order chi connectivity index (χ1) is 7.09. The largest absolute Gasteiger partial charge is 0.285 e. The Kier molecular flexibility index (Phi) is 2.28. The first-order valence-electron chi connectivity index (χ1n) is 4.18. The first-order valence-corrected chi connectivity index (χ1v) is 4.56. The lowest BCUT2D eigenvalue weighted by Gasteiger charge is -1.97. The lowest BCUT2D eigenvalue weighted by Crippen LogP contribution is -2.10. The summed E-state index contributed by atoms with van der Waals surface area (Å²) < 4.78 is 1.42. The van der Waals surface area contributed by atoms with E-state index in [0.29, 0.717) is 10.7 Å². The average molecular weight is 226 g/mol. The highest BCUT2D eigenvalue weighted by molar-refractivity contribution is 6.34. The predicted octanol–water partition coefficient (Wildman–Crippen LogP) is 0.433. The van der Waals surface area contributed by atoms with Crippen LogP contribution in [0, 0.1) is 0 Å². The Morgan fingerprint density at radius 2 is 2.07 bits per heavy atom. The Morgan fingerprint density at radius 3 is 2.53 bits per heavy atom. The summed E-state index contributed by atoms with van der Waals surface area (Å²) in [5, 5.41) is 11.9. The summed E-state index contributed by atoms with van der Waals surface area (Å²) in [5.74, 6) is -0.284. The van der Waals surface area contributed by atoms with Gasteiger partial charge in [0, 0.05) is 14.1 Å². The lowest BCUT2D eigenvalue weighted by atomic mass is 10.2. The molecule has 0 aromatic carbocycles. The average Bonchev–Trinajstić information content (AvgIpc) is 2.73. The van der Waals surface area contributed by atoms with Crippen molar-refractivity contribution in [1.82, 2.24) is 24.8 Å². The monoisotopic (exact) mass is 225 g/mol. The van der Waals surface area contributed by atoms with Crippen LogP contribution in [0.15, 0.2) is 12.4 Å². The number of carbonyl (C=O) groups excluding carboxylic acids is 1. The summed E-state index contributed by atoms with van der Waals surface area (Å²) in [6, 6.07) is 0. The second kappa shape index (κ2) is 3.47. The van der Waals surface area contributed by atoms with Gasteiger partial charge in [-0.15, -0.1) is 0 Å². The van der Waals surface area contributed by atoms with Crippen LogP contribution in [-0.4, -0.2) is 30.6 Å². The predicted molar refractivity (Wildman–Crippen MR) is 52.7 cm³/mol. The van der Waals surface area contributed by atoms with E-state index in [-0.39, 0.29) is 11.5 Å². The van der Waals surface area contributed by atoms with E-state index < -0.39 is 0 Å². The van der Waals surface area contributed by atoms with Gasteiger partial charge in [-0.25, -0.2) is 0 Å². The number of halogens is 1. The van der Waals surface area contributed by atoms with Crippen molar-refractivity contribution in [3.63, 3.8) is 0 Å². The summed E-state index contributed by atoms with van der Waals surface area (Å²) in [6.45, 7) is 0. The molecule has 0 unspecified atom stereocenters. The van der Waals surface area contributed by atoms with Crippen molar-refractivity contribution in [3.05, 3.63) is 28.8 Å². The second-order valence-electron chi connectivity index (χ2n) is 3.01. The molecule has 0 aliphatic rings. The Balaban J connectivity index is 2.45. The molecule has 0 N–H and O–H groups in total. The van der Waals surface area contributed by atoms with Crippen LogP contribution in [0.5, 0.6) is 0 Å². The smallest absolute Gasteiger partial charge is 0.234 e. The van der Waals surface area contributed by atoms with Gasteiger partial charge in [-0.2, -0.15) is 20.1 Å². The van der Waals surface area contributed by atoms with Gasteiger partial charge in [-0.3, -0.25) is 9.48 Å². The molecule has 0 saturated heterocycles. The minimum absolute atomic E-state index is 0.253. The van der Waals surface area contributed by atoms with Crippen LogP contribution in [0.4, 0.5) is 0 Å². The van der Waals surface area contributed by atoms with Gasteiger partial charge in [0.1, 0.15) is 5.69 Å². The molecule has 6 nitrogen and oxygen atoms in total. The minimum atomic E-state index is -0.284. The second-order valence-corrected chi connectivity index (χ2v) is 3.42. The van der Waals surface area contributed by atoms with Gasteiger partial charge < -0.3 is 0 Å². The number of carbonyl (C=O) groups is 1. The standard InChI is InChI=1S/C8H8ClN5O/c1-13-7(5(9)3-10-13)8(15)6-4-11-14(2)12-6/h3-4H,1-2H3. The molecular weight excluding hydrogens is 218 g/mol. The number of hydrogen-bond acceptors (Lipinski definition) is 4. The van der Waals surface area contributed by atoms with Gasteiger partial charge in [-0.05, 0) is 0 Å². The van der Waals surface area contributed by atoms with Crippen LogP contribution in [0.25, 0.3) is 0 Å². The highest BCUT2D eigenvalue weighted by atomic mass is 35.5. The fraction of sp³-hybridized carbons (Fsp3) is 0.250. The molecule has 7 heteroatoms. The van der Waals surface area contributed by atoms with Gasteiger partial charge in [-0.1, -0.05) is 11.6 Å². The maximum atomic E-state index is 11.9. The number of nitrogens with zero attached hydrogens (tertiary/aromatic N) is 5. The van der Waals surface area contributed by atoms with Crippen molar-refractivity contribution in [2.75, 3.05) is 0 Å². The maximum Gasteiger partial charge on any atom is 0.234 e. The van der Waals surface area contributed by atoms with Crippen LogP contribution in [0.1, 0.15) is 16.2 Å². The Morgan fingerprint density at radius 1 is 1.33 bits per heavy atom. The molecule has 15 heavy (non-hydrogen) atoms. The van der Waals surface area contributed by atoms with Crippen molar-refractivity contribution in [1.29, 1.82) is 0 Å². The van der Waals surface area contributed by atoms with E-state index in [1.807, 2.05) is 0 Å². The van der Waals surface area contributed by atoms with E-state index in [4.69, 9.17) is 11.6 Å². The minimum Gasteiger partial charge on any atom is -0.285 e. The Hall–Kier alpha value is -1.69. The third kappa shape index (κ3) is 1.63. The molecule has 2 aromatic rings. The molecule has 2 aromatic heterocycles. The van der Waals surface area contributed by atoms with E-state index in [9.17, 15) is 4.79 Å². The summed E-state index contributed by atoms with van der Waals surface area (Å²) >= 11 is 5.84. The third-order valence-electron chi connectivity index (χ3n) is 1.94. The number of aryl methyl sites for hydroxylation is 2. The maximum absolute atomic E-state index is 11.9. The zero-order valence-electron chi connectivity index (χ0n) is 8.18. The van der Waals surface area contributed by atoms with E-state index in [0.717, 1.165) is 0 Å². The lowest BCUT2D eigenvalue weighted by molar-refractivity contribution is 0.102. The molecule has 0 spiro atoms. The van der Waals surface area contributed by atoms with Crippen molar-refractivity contribution < 1.29 is 4.79 Å². The van der Waals surface area contributed by atoms with E-state index in [1.54, 1.807) is 14.1 Å². The van der Waals surface area contributed by atoms with Gasteiger partial charge in [0.05, 0.1) is 17.4 Å². The third-order valence-corrected chi connectivity index (χ3v) is 2.22. The zero-order chi connectivity index (χ0) is 11.0. The Bertz CT molecular complexity index is 495. The molecular formula is C8H8ClN5O. The molecule has 2 heterocycles. The summed E-state index contributed by atoms with van der Waals surface area (Å²) in [4.78, 5) is 13.2. The normalized spacial score (nSPS) is 10.6. The molecule has 78 valence electrons. The van der Waals surface area contributed by atoms with Gasteiger partial charge >= 0.3 is 0 Å². The number of rotatable bonds is 2. The van der Waals surface area contributed by atoms with E-state index >= 15 is 0 Å². The number of hydrogen-bond donors (Lipinski definition) is 0. The first kappa shape index (κ1) is 9.85. The Labute approximate surface area is 90.5 Å². The van der Waals surface area contributed by atoms with Gasteiger partial charge in [0.25, 0.3) is 0 Å². The molecule has 0 fully saturated rings. The molecule has 0 amide bonds. The fourth-order valence-electron chi connectivity index (χ4n) is 1.24. The number of aromatic nitrogens is 5. The quantitative estimate of drug-likeness (QED) is 0.696. The van der Waals surface area contributed by atoms with Gasteiger partial charge in [0.15, 0.2) is 5.69 Å². The van der Waals surface area contributed by atoms with E-state index in [1.165, 1.54) is 21.9 Å². The van der Waals surface area contributed by atoms with Crippen molar-refractivity contribution in [2.45, 2.75) is 0 Å². The summed E-state index contributed by atoms with van der Waals surface area (Å²) in [7, 11) is 3.29. The molecule has 2 rings (SSSR count). The molecule has 0 atom stereocenters. The van der Waals surface area contributed by atoms with Crippen LogP contribution in [-0.2, 0) is 14.1 Å². The van der Waals surface area contributed by atoms with Crippen LogP contribution >= 0.6 is 11.6 Å². The highest BCUT2D eigenvalue weighted by Crippen LogP contribution is 2.16. The molecule has 0 aliphatic carbocycles. The van der Waals surface area contributed by atoms with Crippen molar-refractivity contribution >= 4 is 17.4 Å². The van der Waals surface area contributed by atoms with E-state index in [2.05, 4.69) is 15.3 Å². The summed E-state index contributed by atoms with van der Waals surface area (Å²) in [6.07, 6.45) is 2.82. The molecule has 0 aliphatic heterocycles. The number of ketones is 1. The molecule has 0 bridgehead atoms. The zero-order valence-corrected chi connectivity index (χ0v) is 8.93. The molecule has 0 radical (unpaired) electrons. The van der Waals surface area contributed by atoms with Crippen LogP contribution in [0.3, 0.4) is 0 Å². The fourth-order valence-corrected chi connectivity index (χ4v) is 1.49.